The van der Waals surface area contributed by atoms with Crippen LogP contribution < -0.4 is 10.6 Å². The molecule has 0 aliphatic carbocycles. The lowest BCUT2D eigenvalue weighted by Gasteiger charge is -2.24. The summed E-state index contributed by atoms with van der Waals surface area (Å²) in [5.41, 5.74) is 0.724. The number of rotatable bonds is 3. The van der Waals surface area contributed by atoms with Gasteiger partial charge in [0.05, 0.1) is 0 Å². The van der Waals surface area contributed by atoms with Gasteiger partial charge in [0.15, 0.2) is 0 Å². The van der Waals surface area contributed by atoms with Crippen molar-refractivity contribution in [2.24, 2.45) is 0 Å². The highest BCUT2D eigenvalue weighted by Crippen LogP contribution is 2.19. The number of amides is 1. The summed E-state index contributed by atoms with van der Waals surface area (Å²) in [5.74, 6) is 0.0168. The number of halogens is 1. The predicted octanol–water partition coefficient (Wildman–Crippen LogP) is 2.31. The number of nitrogens with zero attached hydrogens (tertiary/aromatic N) is 1. The normalized spacial score (nSPS) is 20.1. The molecule has 4 nitrogen and oxygen atoms in total. The zero-order chi connectivity index (χ0) is 13.1. The Morgan fingerprint density at radius 3 is 3.00 bits per heavy atom. The highest BCUT2D eigenvalue weighted by molar-refractivity contribution is 9.10. The Bertz CT molecular complexity index is 422. The zero-order valence-corrected chi connectivity index (χ0v) is 12.5. The van der Waals surface area contributed by atoms with Crippen LogP contribution in [0.25, 0.3) is 0 Å². The van der Waals surface area contributed by atoms with Crippen LogP contribution in [0.4, 0.5) is 0 Å². The maximum atomic E-state index is 12.3. The molecule has 5 heteroatoms. The molecule has 2 rings (SSSR count). The van der Waals surface area contributed by atoms with E-state index in [0.29, 0.717) is 0 Å². The van der Waals surface area contributed by atoms with Gasteiger partial charge in [-0.05, 0) is 55.2 Å². The van der Waals surface area contributed by atoms with Crippen molar-refractivity contribution < 1.29 is 4.79 Å². The number of carbonyl (C=O) groups excluding carboxylic acids is 1. The number of hydrogen-bond donors (Lipinski definition) is 2. The van der Waals surface area contributed by atoms with Gasteiger partial charge in [-0.3, -0.25) is 4.79 Å². The van der Waals surface area contributed by atoms with Crippen LogP contribution in [0.15, 0.2) is 16.7 Å². The van der Waals surface area contributed by atoms with Gasteiger partial charge in [-0.15, -0.1) is 0 Å². The molecular formula is C13H20BrN3O. The van der Waals surface area contributed by atoms with Gasteiger partial charge >= 0.3 is 0 Å². The zero-order valence-electron chi connectivity index (χ0n) is 10.9. The Morgan fingerprint density at radius 1 is 1.61 bits per heavy atom. The minimum atomic E-state index is 0.0168. The Kier molecular flexibility index (Phi) is 4.45. The fourth-order valence-corrected chi connectivity index (χ4v) is 2.73. The molecule has 0 saturated carbocycles. The Morgan fingerprint density at radius 2 is 2.39 bits per heavy atom. The van der Waals surface area contributed by atoms with E-state index in [0.717, 1.165) is 36.1 Å². The summed E-state index contributed by atoms with van der Waals surface area (Å²) in [4.78, 5) is 12.3. The smallest absolute Gasteiger partial charge is 0.268 e. The predicted molar refractivity (Wildman–Crippen MR) is 75.9 cm³/mol. The minimum Gasteiger partial charge on any atom is -0.347 e. The Hall–Kier alpha value is -0.810. The van der Waals surface area contributed by atoms with Crippen LogP contribution in [-0.4, -0.2) is 29.6 Å². The van der Waals surface area contributed by atoms with Gasteiger partial charge < -0.3 is 15.2 Å². The summed E-state index contributed by atoms with van der Waals surface area (Å²) in [6.07, 6.45) is 4.14. The third-order valence-corrected chi connectivity index (χ3v) is 3.67. The van der Waals surface area contributed by atoms with Gasteiger partial charge in [0.1, 0.15) is 5.69 Å². The van der Waals surface area contributed by atoms with E-state index >= 15 is 0 Å². The fourth-order valence-electron chi connectivity index (χ4n) is 2.29. The van der Waals surface area contributed by atoms with Crippen LogP contribution >= 0.6 is 15.9 Å². The van der Waals surface area contributed by atoms with E-state index in [-0.39, 0.29) is 18.0 Å². The van der Waals surface area contributed by atoms with E-state index in [9.17, 15) is 4.79 Å². The van der Waals surface area contributed by atoms with Crippen LogP contribution in [0, 0.1) is 0 Å². The molecule has 0 unspecified atom stereocenters. The quantitative estimate of drug-likeness (QED) is 0.899. The first-order chi connectivity index (χ1) is 8.58. The summed E-state index contributed by atoms with van der Waals surface area (Å²) in [6.45, 7) is 6.08. The molecule has 1 amide bonds. The number of carbonyl (C=O) groups is 1. The summed E-state index contributed by atoms with van der Waals surface area (Å²) < 4.78 is 2.94. The molecule has 1 aliphatic rings. The number of hydrogen-bond acceptors (Lipinski definition) is 2. The van der Waals surface area contributed by atoms with Crippen molar-refractivity contribution in [3.8, 4) is 0 Å². The first-order valence-corrected chi connectivity index (χ1v) is 7.26. The lowest BCUT2D eigenvalue weighted by molar-refractivity contribution is 0.0920. The maximum Gasteiger partial charge on any atom is 0.268 e. The van der Waals surface area contributed by atoms with E-state index in [1.165, 1.54) is 0 Å². The first kappa shape index (κ1) is 13.6. The van der Waals surface area contributed by atoms with Gasteiger partial charge in [0.25, 0.3) is 5.91 Å². The Labute approximate surface area is 116 Å². The van der Waals surface area contributed by atoms with Crippen molar-refractivity contribution in [2.75, 3.05) is 13.1 Å². The van der Waals surface area contributed by atoms with Crippen LogP contribution in [-0.2, 0) is 0 Å². The minimum absolute atomic E-state index is 0.0168. The molecule has 1 atom stereocenters. The van der Waals surface area contributed by atoms with Crippen LogP contribution in [0.5, 0.6) is 0 Å². The average Bonchev–Trinajstić information content (AvgIpc) is 2.73. The van der Waals surface area contributed by atoms with Gasteiger partial charge in [0, 0.05) is 29.3 Å². The van der Waals surface area contributed by atoms with E-state index in [2.05, 4.69) is 40.4 Å². The standard InChI is InChI=1S/C13H20BrN3O/c1-9(2)17-8-10(14)6-12(17)13(18)16-11-4-3-5-15-7-11/h6,8-9,11,15H,3-5,7H2,1-2H3,(H,16,18)/t11-/m0/s1. The SMILES string of the molecule is CC(C)n1cc(Br)cc1C(=O)N[C@H]1CCCNC1. The molecule has 1 aromatic heterocycles. The molecule has 1 fully saturated rings. The highest BCUT2D eigenvalue weighted by Gasteiger charge is 2.19. The molecule has 18 heavy (non-hydrogen) atoms. The molecule has 1 saturated heterocycles. The number of piperidine rings is 1. The summed E-state index contributed by atoms with van der Waals surface area (Å²) in [7, 11) is 0. The third-order valence-electron chi connectivity index (χ3n) is 3.24. The lowest BCUT2D eigenvalue weighted by Crippen LogP contribution is -2.46. The van der Waals surface area contributed by atoms with Crippen molar-refractivity contribution in [3.63, 3.8) is 0 Å². The monoisotopic (exact) mass is 313 g/mol. The maximum absolute atomic E-state index is 12.3. The molecule has 0 radical (unpaired) electrons. The van der Waals surface area contributed by atoms with Gasteiger partial charge in [-0.25, -0.2) is 0 Å². The van der Waals surface area contributed by atoms with Gasteiger partial charge in [-0.1, -0.05) is 0 Å². The second-order valence-electron chi connectivity index (χ2n) is 5.06. The van der Waals surface area contributed by atoms with Crippen molar-refractivity contribution in [1.82, 2.24) is 15.2 Å². The second kappa shape index (κ2) is 5.89. The highest BCUT2D eigenvalue weighted by atomic mass is 79.9. The van der Waals surface area contributed by atoms with Crippen molar-refractivity contribution in [2.45, 2.75) is 38.8 Å². The number of nitrogens with one attached hydrogen (secondary N) is 2. The topological polar surface area (TPSA) is 46.1 Å². The van der Waals surface area contributed by atoms with Gasteiger partial charge in [0.2, 0.25) is 0 Å². The molecule has 2 heterocycles. The molecule has 0 bridgehead atoms. The fraction of sp³-hybridized carbons (Fsp3) is 0.615. The van der Waals surface area contributed by atoms with Crippen molar-refractivity contribution in [1.29, 1.82) is 0 Å². The molecule has 2 N–H and O–H groups in total. The van der Waals surface area contributed by atoms with E-state index in [4.69, 9.17) is 0 Å². The molecule has 0 spiro atoms. The third kappa shape index (κ3) is 3.14. The molecule has 1 aromatic rings. The molecule has 1 aliphatic heterocycles. The largest absolute Gasteiger partial charge is 0.347 e. The first-order valence-electron chi connectivity index (χ1n) is 6.47. The van der Waals surface area contributed by atoms with E-state index in [1.807, 2.05) is 16.8 Å². The Balaban J connectivity index is 2.08. The van der Waals surface area contributed by atoms with Crippen molar-refractivity contribution in [3.05, 3.63) is 22.4 Å². The summed E-state index contributed by atoms with van der Waals surface area (Å²) in [5, 5.41) is 6.40. The second-order valence-corrected chi connectivity index (χ2v) is 5.98. The lowest BCUT2D eigenvalue weighted by atomic mass is 10.1. The molecule has 0 aromatic carbocycles. The van der Waals surface area contributed by atoms with Crippen molar-refractivity contribution >= 4 is 21.8 Å². The van der Waals surface area contributed by atoms with Crippen LogP contribution in [0.3, 0.4) is 0 Å². The summed E-state index contributed by atoms with van der Waals surface area (Å²) >= 11 is 3.43. The van der Waals surface area contributed by atoms with E-state index < -0.39 is 0 Å². The summed E-state index contributed by atoms with van der Waals surface area (Å²) in [6, 6.07) is 2.41. The molecular weight excluding hydrogens is 294 g/mol. The molecule has 100 valence electrons. The van der Waals surface area contributed by atoms with E-state index in [1.54, 1.807) is 0 Å². The van der Waals surface area contributed by atoms with Gasteiger partial charge in [-0.2, -0.15) is 0 Å². The van der Waals surface area contributed by atoms with Crippen LogP contribution in [0.2, 0.25) is 0 Å². The van der Waals surface area contributed by atoms with Crippen LogP contribution in [0.1, 0.15) is 43.2 Å². The average molecular weight is 314 g/mol. The number of aromatic nitrogens is 1.